The van der Waals surface area contributed by atoms with Crippen LogP contribution in [-0.2, 0) is 16.1 Å². The largest absolute Gasteiger partial charge is 0.465 e. The number of hydrogen-bond acceptors (Lipinski definition) is 4. The van der Waals surface area contributed by atoms with E-state index in [9.17, 15) is 4.79 Å². The number of esters is 1. The molecular weight excluding hydrogens is 242 g/mol. The molecule has 106 valence electrons. The Morgan fingerprint density at radius 2 is 2.32 bits per heavy atom. The van der Waals surface area contributed by atoms with Crippen LogP contribution in [0.3, 0.4) is 0 Å². The van der Waals surface area contributed by atoms with Crippen molar-refractivity contribution in [2.75, 3.05) is 13.2 Å². The molecule has 0 spiro atoms. The second-order valence-electron chi connectivity index (χ2n) is 5.15. The normalized spacial score (nSPS) is 18.1. The zero-order valence-electron chi connectivity index (χ0n) is 12.0. The van der Waals surface area contributed by atoms with Crippen LogP contribution in [0.1, 0.15) is 32.4 Å². The molecule has 0 bridgehead atoms. The Hall–Kier alpha value is -1.36. The predicted molar refractivity (Wildman–Crippen MR) is 72.7 cm³/mol. The van der Waals surface area contributed by atoms with Gasteiger partial charge in [0.15, 0.2) is 0 Å². The number of rotatable bonds is 7. The Kier molecular flexibility index (Phi) is 4.24. The molecule has 0 radical (unpaired) electrons. The van der Waals surface area contributed by atoms with Crippen LogP contribution < -0.4 is 5.32 Å². The van der Waals surface area contributed by atoms with Gasteiger partial charge < -0.3 is 10.1 Å². The molecule has 0 aliphatic heterocycles. The topological polar surface area (TPSA) is 56.2 Å². The Morgan fingerprint density at radius 1 is 1.58 bits per heavy atom. The first-order valence-corrected chi connectivity index (χ1v) is 7.04. The van der Waals surface area contributed by atoms with Crippen LogP contribution in [0.2, 0.25) is 0 Å². The van der Waals surface area contributed by atoms with Crippen LogP contribution in [0.5, 0.6) is 0 Å². The molecule has 19 heavy (non-hydrogen) atoms. The van der Waals surface area contributed by atoms with Crippen molar-refractivity contribution in [3.63, 3.8) is 0 Å². The quantitative estimate of drug-likeness (QED) is 0.759. The second-order valence-corrected chi connectivity index (χ2v) is 5.15. The van der Waals surface area contributed by atoms with Gasteiger partial charge in [-0.1, -0.05) is 6.92 Å². The highest BCUT2D eigenvalue weighted by Crippen LogP contribution is 2.41. The van der Waals surface area contributed by atoms with Gasteiger partial charge in [0.05, 0.1) is 18.8 Å². The van der Waals surface area contributed by atoms with Gasteiger partial charge in [0.2, 0.25) is 0 Å². The molecule has 1 unspecified atom stereocenters. The van der Waals surface area contributed by atoms with Crippen molar-refractivity contribution in [2.45, 2.75) is 45.7 Å². The lowest BCUT2D eigenvalue weighted by Gasteiger charge is -2.32. The lowest BCUT2D eigenvalue weighted by molar-refractivity contribution is -0.153. The molecule has 1 aromatic heterocycles. The average molecular weight is 265 g/mol. The standard InChI is InChI=1S/C14H23N3O2/c1-4-15-14(12-6-7-12,13(18)19-5-2)10-17-9-8-11(3)16-17/h8-9,12,15H,4-7,10H2,1-3H3. The maximum absolute atomic E-state index is 12.4. The number of hydrogen-bond donors (Lipinski definition) is 1. The summed E-state index contributed by atoms with van der Waals surface area (Å²) in [6.07, 6.45) is 4.07. The summed E-state index contributed by atoms with van der Waals surface area (Å²) in [5, 5.41) is 7.76. The van der Waals surface area contributed by atoms with Gasteiger partial charge in [-0.25, -0.2) is 4.79 Å². The summed E-state index contributed by atoms with van der Waals surface area (Å²) in [5.41, 5.74) is 0.341. The van der Waals surface area contributed by atoms with Gasteiger partial charge in [-0.2, -0.15) is 5.10 Å². The van der Waals surface area contributed by atoms with Gasteiger partial charge in [0.1, 0.15) is 5.54 Å². The molecule has 0 aromatic carbocycles. The molecule has 1 saturated carbocycles. The summed E-state index contributed by atoms with van der Waals surface area (Å²) in [6.45, 7) is 7.52. The Bertz CT molecular complexity index is 440. The molecule has 1 aromatic rings. The number of nitrogens with one attached hydrogen (secondary N) is 1. The smallest absolute Gasteiger partial charge is 0.328 e. The van der Waals surface area contributed by atoms with E-state index >= 15 is 0 Å². The molecule has 1 fully saturated rings. The van der Waals surface area contributed by atoms with Gasteiger partial charge in [-0.3, -0.25) is 4.68 Å². The van der Waals surface area contributed by atoms with Crippen molar-refractivity contribution >= 4 is 5.97 Å². The maximum Gasteiger partial charge on any atom is 0.328 e. The van der Waals surface area contributed by atoms with E-state index in [0.717, 1.165) is 25.1 Å². The minimum atomic E-state index is -0.622. The highest BCUT2D eigenvalue weighted by atomic mass is 16.5. The Balaban J connectivity index is 2.23. The fourth-order valence-corrected chi connectivity index (χ4v) is 2.59. The number of likely N-dealkylation sites (N-methyl/N-ethyl adjacent to an activating group) is 1. The number of aromatic nitrogens is 2. The highest BCUT2D eigenvalue weighted by molar-refractivity contribution is 5.81. The third-order valence-corrected chi connectivity index (χ3v) is 3.59. The molecule has 5 nitrogen and oxygen atoms in total. The van der Waals surface area contributed by atoms with E-state index in [1.54, 1.807) is 0 Å². The third-order valence-electron chi connectivity index (χ3n) is 3.59. The van der Waals surface area contributed by atoms with Crippen molar-refractivity contribution in [1.82, 2.24) is 15.1 Å². The molecule has 1 aliphatic rings. The Labute approximate surface area is 114 Å². The molecule has 1 aliphatic carbocycles. The molecule has 0 amide bonds. The summed E-state index contributed by atoms with van der Waals surface area (Å²) in [7, 11) is 0. The Morgan fingerprint density at radius 3 is 2.79 bits per heavy atom. The summed E-state index contributed by atoms with van der Waals surface area (Å²) in [4.78, 5) is 12.4. The van der Waals surface area contributed by atoms with E-state index in [1.807, 2.05) is 37.7 Å². The van der Waals surface area contributed by atoms with Crippen LogP contribution >= 0.6 is 0 Å². The minimum absolute atomic E-state index is 0.146. The molecule has 5 heteroatoms. The van der Waals surface area contributed by atoms with Crippen LogP contribution in [0.25, 0.3) is 0 Å². The van der Waals surface area contributed by atoms with Gasteiger partial charge >= 0.3 is 5.97 Å². The van der Waals surface area contributed by atoms with Crippen LogP contribution in [-0.4, -0.2) is 34.4 Å². The first-order chi connectivity index (χ1) is 9.12. The van der Waals surface area contributed by atoms with Crippen LogP contribution in [0.4, 0.5) is 0 Å². The van der Waals surface area contributed by atoms with E-state index in [1.165, 1.54) is 0 Å². The average Bonchev–Trinajstić information content (AvgIpc) is 3.14. The van der Waals surface area contributed by atoms with Crippen molar-refractivity contribution in [3.8, 4) is 0 Å². The van der Waals surface area contributed by atoms with Gasteiger partial charge in [0.25, 0.3) is 0 Å². The van der Waals surface area contributed by atoms with Gasteiger partial charge in [-0.05, 0) is 45.2 Å². The highest BCUT2D eigenvalue weighted by Gasteiger charge is 2.52. The maximum atomic E-state index is 12.4. The first-order valence-electron chi connectivity index (χ1n) is 7.04. The van der Waals surface area contributed by atoms with Crippen molar-refractivity contribution in [1.29, 1.82) is 0 Å². The molecule has 2 rings (SSSR count). The van der Waals surface area contributed by atoms with Crippen molar-refractivity contribution in [3.05, 3.63) is 18.0 Å². The molecule has 1 N–H and O–H groups in total. The molecule has 1 heterocycles. The number of carbonyl (C=O) groups excluding carboxylic acids is 1. The van der Waals surface area contributed by atoms with E-state index in [2.05, 4.69) is 10.4 Å². The zero-order valence-corrected chi connectivity index (χ0v) is 12.0. The second kappa shape index (κ2) is 5.74. The summed E-state index contributed by atoms with van der Waals surface area (Å²) in [5.74, 6) is 0.212. The van der Waals surface area contributed by atoms with Crippen LogP contribution in [0, 0.1) is 12.8 Å². The minimum Gasteiger partial charge on any atom is -0.465 e. The fourth-order valence-electron chi connectivity index (χ4n) is 2.59. The van der Waals surface area contributed by atoms with E-state index in [-0.39, 0.29) is 5.97 Å². The van der Waals surface area contributed by atoms with Crippen molar-refractivity contribution < 1.29 is 9.53 Å². The van der Waals surface area contributed by atoms with Gasteiger partial charge in [-0.15, -0.1) is 0 Å². The zero-order chi connectivity index (χ0) is 13.9. The predicted octanol–water partition coefficient (Wildman–Crippen LogP) is 1.51. The summed E-state index contributed by atoms with van der Waals surface area (Å²) < 4.78 is 7.14. The van der Waals surface area contributed by atoms with E-state index in [4.69, 9.17) is 4.74 Å². The summed E-state index contributed by atoms with van der Waals surface area (Å²) in [6, 6.07) is 1.95. The summed E-state index contributed by atoms with van der Waals surface area (Å²) >= 11 is 0. The SMILES string of the molecule is CCNC(Cn1ccc(C)n1)(C(=O)OCC)C1CC1. The van der Waals surface area contributed by atoms with Crippen molar-refractivity contribution in [2.24, 2.45) is 5.92 Å². The van der Waals surface area contributed by atoms with E-state index in [0.29, 0.717) is 19.1 Å². The fraction of sp³-hybridized carbons (Fsp3) is 0.714. The third kappa shape index (κ3) is 2.97. The van der Waals surface area contributed by atoms with Gasteiger partial charge in [0, 0.05) is 6.20 Å². The molecule has 1 atom stereocenters. The lowest BCUT2D eigenvalue weighted by Crippen LogP contribution is -2.57. The monoisotopic (exact) mass is 265 g/mol. The number of ether oxygens (including phenoxy) is 1. The number of nitrogens with zero attached hydrogens (tertiary/aromatic N) is 2. The van der Waals surface area contributed by atoms with Crippen LogP contribution in [0.15, 0.2) is 12.3 Å². The molecule has 0 saturated heterocycles. The number of carbonyl (C=O) groups is 1. The van der Waals surface area contributed by atoms with E-state index < -0.39 is 5.54 Å². The molecular formula is C14H23N3O2. The lowest BCUT2D eigenvalue weighted by atomic mass is 9.93. The first kappa shape index (κ1) is 14.1. The number of aryl methyl sites for hydroxylation is 1.